The minimum atomic E-state index is 0.806. The zero-order valence-electron chi connectivity index (χ0n) is 9.50. The van der Waals surface area contributed by atoms with Crippen LogP contribution in [0.1, 0.15) is 33.1 Å². The maximum atomic E-state index is 4.26. The van der Waals surface area contributed by atoms with Gasteiger partial charge in [0.2, 0.25) is 0 Å². The first-order valence-corrected chi connectivity index (χ1v) is 6.28. The van der Waals surface area contributed by atoms with E-state index in [4.69, 9.17) is 0 Å². The highest BCUT2D eigenvalue weighted by atomic mass is 32.1. The molecule has 0 radical (unpaired) electrons. The van der Waals surface area contributed by atoms with E-state index in [1.165, 1.54) is 31.4 Å². The highest BCUT2D eigenvalue weighted by molar-refractivity contribution is 7.80. The van der Waals surface area contributed by atoms with Crippen LogP contribution in [0.2, 0.25) is 0 Å². The van der Waals surface area contributed by atoms with Crippen molar-refractivity contribution < 1.29 is 0 Å². The van der Waals surface area contributed by atoms with Gasteiger partial charge >= 0.3 is 0 Å². The Morgan fingerprint density at radius 3 is 2.57 bits per heavy atom. The van der Waals surface area contributed by atoms with Gasteiger partial charge in [0.25, 0.3) is 0 Å². The number of rotatable bonds is 7. The molecule has 1 nitrogen and oxygen atoms in total. The molecule has 0 aromatic rings. The van der Waals surface area contributed by atoms with Crippen molar-refractivity contribution in [2.24, 2.45) is 5.92 Å². The second kappa shape index (κ2) is 5.82. The van der Waals surface area contributed by atoms with E-state index in [0.29, 0.717) is 0 Å². The molecular weight excluding hydrogens is 190 g/mol. The van der Waals surface area contributed by atoms with Crippen LogP contribution >= 0.6 is 12.6 Å². The average molecular weight is 213 g/mol. The van der Waals surface area contributed by atoms with Crippen LogP contribution in [0.4, 0.5) is 0 Å². The summed E-state index contributed by atoms with van der Waals surface area (Å²) in [5.74, 6) is 1.63. The van der Waals surface area contributed by atoms with Crippen LogP contribution in [-0.4, -0.2) is 29.8 Å². The number of hydrogen-bond acceptors (Lipinski definition) is 2. The predicted molar refractivity (Wildman–Crippen MR) is 67.0 cm³/mol. The average Bonchev–Trinajstić information content (AvgIpc) is 2.94. The molecule has 1 saturated carbocycles. The standard InChI is InChI=1S/C12H23NS/c1-10(2)6-7-13(12-4-5-12)8-11(3)9-14/h10,12,14H,3-9H2,1-2H3. The van der Waals surface area contributed by atoms with Gasteiger partial charge in [0.15, 0.2) is 0 Å². The van der Waals surface area contributed by atoms with E-state index in [0.717, 1.165) is 24.3 Å². The van der Waals surface area contributed by atoms with E-state index in [9.17, 15) is 0 Å². The van der Waals surface area contributed by atoms with Gasteiger partial charge in [-0.2, -0.15) is 12.6 Å². The SMILES string of the molecule is C=C(CS)CN(CCC(C)C)C1CC1. The summed E-state index contributed by atoms with van der Waals surface area (Å²) in [7, 11) is 0. The van der Waals surface area contributed by atoms with Crippen molar-refractivity contribution in [3.63, 3.8) is 0 Å². The van der Waals surface area contributed by atoms with Gasteiger partial charge in [-0.05, 0) is 31.7 Å². The monoisotopic (exact) mass is 213 g/mol. The largest absolute Gasteiger partial charge is 0.296 e. The lowest BCUT2D eigenvalue weighted by atomic mass is 10.1. The van der Waals surface area contributed by atoms with Gasteiger partial charge in [0, 0.05) is 18.3 Å². The van der Waals surface area contributed by atoms with Crippen LogP contribution in [0.3, 0.4) is 0 Å². The topological polar surface area (TPSA) is 3.24 Å². The van der Waals surface area contributed by atoms with Gasteiger partial charge in [-0.15, -0.1) is 0 Å². The lowest BCUT2D eigenvalue weighted by Crippen LogP contribution is -2.30. The van der Waals surface area contributed by atoms with Crippen LogP contribution in [-0.2, 0) is 0 Å². The van der Waals surface area contributed by atoms with Gasteiger partial charge < -0.3 is 0 Å². The third kappa shape index (κ3) is 4.52. The Labute approximate surface area is 94.0 Å². The van der Waals surface area contributed by atoms with E-state index in [1.54, 1.807) is 0 Å². The smallest absolute Gasteiger partial charge is 0.0201 e. The van der Waals surface area contributed by atoms with Gasteiger partial charge in [-0.1, -0.05) is 26.0 Å². The first-order valence-electron chi connectivity index (χ1n) is 5.65. The first-order chi connectivity index (χ1) is 6.63. The van der Waals surface area contributed by atoms with Gasteiger partial charge in [-0.3, -0.25) is 4.90 Å². The molecule has 0 aromatic carbocycles. The molecule has 0 spiro atoms. The number of hydrogen-bond donors (Lipinski definition) is 1. The second-order valence-corrected chi connectivity index (χ2v) is 5.11. The molecule has 1 rings (SSSR count). The summed E-state index contributed by atoms with van der Waals surface area (Å²) in [4.78, 5) is 2.58. The lowest BCUT2D eigenvalue weighted by Gasteiger charge is -2.23. The highest BCUT2D eigenvalue weighted by Crippen LogP contribution is 2.27. The molecule has 0 atom stereocenters. The molecule has 0 N–H and O–H groups in total. The molecule has 1 aliphatic rings. The molecule has 0 aromatic heterocycles. The van der Waals surface area contributed by atoms with Crippen LogP contribution in [0.5, 0.6) is 0 Å². The van der Waals surface area contributed by atoms with E-state index in [1.807, 2.05) is 0 Å². The predicted octanol–water partition coefficient (Wildman–Crippen LogP) is 2.98. The Kier molecular flexibility index (Phi) is 5.04. The van der Waals surface area contributed by atoms with Crippen molar-refractivity contribution in [3.05, 3.63) is 12.2 Å². The van der Waals surface area contributed by atoms with Crippen molar-refractivity contribution in [1.82, 2.24) is 4.90 Å². The third-order valence-corrected chi connectivity index (χ3v) is 3.15. The van der Waals surface area contributed by atoms with Gasteiger partial charge in [-0.25, -0.2) is 0 Å². The summed E-state index contributed by atoms with van der Waals surface area (Å²) in [6, 6.07) is 0.852. The molecule has 82 valence electrons. The van der Waals surface area contributed by atoms with E-state index < -0.39 is 0 Å². The van der Waals surface area contributed by atoms with E-state index >= 15 is 0 Å². The molecule has 0 bridgehead atoms. The number of nitrogens with zero attached hydrogens (tertiary/aromatic N) is 1. The normalized spacial score (nSPS) is 16.6. The maximum absolute atomic E-state index is 4.26. The highest BCUT2D eigenvalue weighted by Gasteiger charge is 2.28. The van der Waals surface area contributed by atoms with Gasteiger partial charge in [0.1, 0.15) is 0 Å². The van der Waals surface area contributed by atoms with E-state index in [2.05, 4.69) is 38.0 Å². The van der Waals surface area contributed by atoms with Crippen molar-refractivity contribution in [2.75, 3.05) is 18.8 Å². The summed E-state index contributed by atoms with van der Waals surface area (Å²) in [5.41, 5.74) is 1.25. The summed E-state index contributed by atoms with van der Waals surface area (Å²) in [5, 5.41) is 0. The fraction of sp³-hybridized carbons (Fsp3) is 0.833. The number of thiol groups is 1. The molecule has 0 saturated heterocycles. The Balaban J connectivity index is 2.27. The summed E-state index contributed by atoms with van der Waals surface area (Å²) in [6.45, 7) is 10.9. The van der Waals surface area contributed by atoms with Crippen molar-refractivity contribution in [2.45, 2.75) is 39.2 Å². The van der Waals surface area contributed by atoms with Crippen molar-refractivity contribution >= 4 is 12.6 Å². The van der Waals surface area contributed by atoms with Crippen LogP contribution in [0.25, 0.3) is 0 Å². The first kappa shape index (κ1) is 12.1. The zero-order chi connectivity index (χ0) is 10.6. The molecule has 14 heavy (non-hydrogen) atoms. The quantitative estimate of drug-likeness (QED) is 0.502. The van der Waals surface area contributed by atoms with E-state index in [-0.39, 0.29) is 0 Å². The fourth-order valence-corrected chi connectivity index (χ4v) is 1.69. The Bertz CT molecular complexity index is 185. The fourth-order valence-electron chi connectivity index (χ4n) is 1.59. The van der Waals surface area contributed by atoms with Crippen LogP contribution < -0.4 is 0 Å². The summed E-state index contributed by atoms with van der Waals surface area (Å²) < 4.78 is 0. The summed E-state index contributed by atoms with van der Waals surface area (Å²) in [6.07, 6.45) is 4.08. The summed E-state index contributed by atoms with van der Waals surface area (Å²) >= 11 is 4.26. The zero-order valence-corrected chi connectivity index (χ0v) is 10.4. The third-order valence-electron chi connectivity index (χ3n) is 2.71. The molecule has 0 unspecified atom stereocenters. The molecule has 1 aliphatic carbocycles. The second-order valence-electron chi connectivity index (χ2n) is 4.79. The molecule has 0 aliphatic heterocycles. The Hall–Kier alpha value is 0.0500. The Morgan fingerprint density at radius 2 is 2.14 bits per heavy atom. The molecule has 0 heterocycles. The lowest BCUT2D eigenvalue weighted by molar-refractivity contribution is 0.268. The van der Waals surface area contributed by atoms with Crippen molar-refractivity contribution in [1.29, 1.82) is 0 Å². The minimum absolute atomic E-state index is 0.806. The van der Waals surface area contributed by atoms with Crippen LogP contribution in [0.15, 0.2) is 12.2 Å². The minimum Gasteiger partial charge on any atom is -0.296 e. The molecular formula is C12H23NS. The van der Waals surface area contributed by atoms with Gasteiger partial charge in [0.05, 0.1) is 0 Å². The Morgan fingerprint density at radius 1 is 1.50 bits per heavy atom. The molecule has 0 amide bonds. The van der Waals surface area contributed by atoms with Crippen molar-refractivity contribution in [3.8, 4) is 0 Å². The maximum Gasteiger partial charge on any atom is 0.0201 e. The molecule has 1 fully saturated rings. The molecule has 2 heteroatoms. The van der Waals surface area contributed by atoms with Crippen LogP contribution in [0, 0.1) is 5.92 Å².